The van der Waals surface area contributed by atoms with E-state index in [-0.39, 0.29) is 28.5 Å². The maximum Gasteiger partial charge on any atom is 0.271 e. The molecule has 0 saturated heterocycles. The Morgan fingerprint density at radius 3 is 2.00 bits per heavy atom. The summed E-state index contributed by atoms with van der Waals surface area (Å²) in [5.74, 6) is -1.39. The number of nitrogens with zero attached hydrogens (tertiary/aromatic N) is 3. The van der Waals surface area contributed by atoms with Crippen LogP contribution in [-0.4, -0.2) is 21.8 Å². The highest BCUT2D eigenvalue weighted by atomic mass is 16.6. The van der Waals surface area contributed by atoms with Crippen LogP contribution in [0.3, 0.4) is 0 Å². The Morgan fingerprint density at radius 2 is 1.38 bits per heavy atom. The van der Waals surface area contributed by atoms with Crippen molar-refractivity contribution in [2.24, 2.45) is 10.2 Å². The molecule has 0 unspecified atom stereocenters. The lowest BCUT2D eigenvalue weighted by Crippen LogP contribution is -2.13. The van der Waals surface area contributed by atoms with E-state index in [9.17, 15) is 24.8 Å². The third-order valence-electron chi connectivity index (χ3n) is 6.52. The molecule has 10 heteroatoms. The molecule has 5 aromatic rings. The maximum absolute atomic E-state index is 13.3. The Morgan fingerprint density at radius 1 is 0.762 bits per heavy atom. The van der Waals surface area contributed by atoms with Crippen LogP contribution in [0.15, 0.2) is 107 Å². The van der Waals surface area contributed by atoms with E-state index in [0.717, 1.165) is 11.1 Å². The van der Waals surface area contributed by atoms with Crippen LogP contribution in [0.1, 0.15) is 31.8 Å². The molecule has 0 radical (unpaired) electrons. The van der Waals surface area contributed by atoms with Gasteiger partial charge in [0, 0.05) is 34.5 Å². The number of aryl methyl sites for hydroxylation is 2. The average molecular weight is 560 g/mol. The predicted octanol–water partition coefficient (Wildman–Crippen LogP) is 7.99. The molecule has 10 nitrogen and oxygen atoms in total. The minimum Gasteiger partial charge on any atom is -0.505 e. The van der Waals surface area contributed by atoms with Crippen molar-refractivity contribution in [1.82, 2.24) is 0 Å². The van der Waals surface area contributed by atoms with Gasteiger partial charge in [-0.3, -0.25) is 19.7 Å². The van der Waals surface area contributed by atoms with E-state index in [4.69, 9.17) is 0 Å². The third kappa shape index (κ3) is 6.13. The number of anilines is 2. The highest BCUT2D eigenvalue weighted by Gasteiger charge is 2.20. The Hall–Kier alpha value is -5.90. The molecule has 3 N–H and O–H groups in total. The molecule has 5 aromatic carbocycles. The van der Waals surface area contributed by atoms with Gasteiger partial charge in [-0.15, -0.1) is 5.11 Å². The van der Waals surface area contributed by atoms with Crippen LogP contribution in [-0.2, 0) is 0 Å². The van der Waals surface area contributed by atoms with Crippen LogP contribution in [0.25, 0.3) is 10.8 Å². The van der Waals surface area contributed by atoms with Gasteiger partial charge >= 0.3 is 0 Å². The van der Waals surface area contributed by atoms with Gasteiger partial charge < -0.3 is 15.7 Å². The number of azo groups is 1. The predicted molar refractivity (Wildman–Crippen MR) is 161 cm³/mol. The van der Waals surface area contributed by atoms with Crippen LogP contribution in [0.2, 0.25) is 0 Å². The lowest BCUT2D eigenvalue weighted by atomic mass is 10.00. The summed E-state index contributed by atoms with van der Waals surface area (Å²) in [4.78, 5) is 37.0. The molecule has 0 atom stereocenters. The van der Waals surface area contributed by atoms with Crippen molar-refractivity contribution in [3.05, 3.63) is 129 Å². The monoisotopic (exact) mass is 559 g/mol. The van der Waals surface area contributed by atoms with Crippen molar-refractivity contribution >= 4 is 51.0 Å². The van der Waals surface area contributed by atoms with Gasteiger partial charge in [-0.05, 0) is 67.8 Å². The smallest absolute Gasteiger partial charge is 0.271 e. The van der Waals surface area contributed by atoms with Gasteiger partial charge in [0.2, 0.25) is 0 Å². The molecule has 0 bridgehead atoms. The molecule has 0 aliphatic heterocycles. The molecular weight excluding hydrogens is 534 g/mol. The summed E-state index contributed by atoms with van der Waals surface area (Å²) >= 11 is 0. The molecule has 0 aliphatic carbocycles. The van der Waals surface area contributed by atoms with Crippen molar-refractivity contribution in [1.29, 1.82) is 0 Å². The lowest BCUT2D eigenvalue weighted by Gasteiger charge is -2.13. The van der Waals surface area contributed by atoms with Gasteiger partial charge in [0.05, 0.1) is 16.2 Å². The number of carbonyl (C=O) groups is 2. The number of rotatable bonds is 7. The number of non-ortho nitro benzene ring substituents is 1. The number of benzene rings is 5. The molecule has 208 valence electrons. The molecule has 2 amide bonds. The number of hydrogen-bond acceptors (Lipinski definition) is 7. The van der Waals surface area contributed by atoms with E-state index in [1.54, 1.807) is 42.5 Å². The highest BCUT2D eigenvalue weighted by molar-refractivity contribution is 6.13. The second-order valence-corrected chi connectivity index (χ2v) is 9.67. The molecule has 0 fully saturated rings. The summed E-state index contributed by atoms with van der Waals surface area (Å²) in [5, 5.41) is 37.1. The van der Waals surface area contributed by atoms with E-state index in [0.29, 0.717) is 27.7 Å². The fourth-order valence-corrected chi connectivity index (χ4v) is 4.24. The molecule has 0 saturated carbocycles. The maximum atomic E-state index is 13.3. The van der Waals surface area contributed by atoms with Crippen molar-refractivity contribution < 1.29 is 19.6 Å². The first-order valence-corrected chi connectivity index (χ1v) is 12.9. The molecule has 42 heavy (non-hydrogen) atoms. The fraction of sp³-hybridized carbons (Fsp3) is 0.0625. The normalized spacial score (nSPS) is 11.0. The second-order valence-electron chi connectivity index (χ2n) is 9.67. The first-order chi connectivity index (χ1) is 20.2. The van der Waals surface area contributed by atoms with Gasteiger partial charge in [0.1, 0.15) is 5.69 Å². The summed E-state index contributed by atoms with van der Waals surface area (Å²) < 4.78 is 0. The summed E-state index contributed by atoms with van der Waals surface area (Å²) in [6.07, 6.45) is 0. The number of aromatic hydroxyl groups is 1. The molecule has 0 aliphatic rings. The minimum atomic E-state index is -0.598. The van der Waals surface area contributed by atoms with E-state index in [1.807, 2.05) is 38.1 Å². The molecule has 0 spiro atoms. The van der Waals surface area contributed by atoms with Gasteiger partial charge in [-0.2, -0.15) is 5.11 Å². The lowest BCUT2D eigenvalue weighted by molar-refractivity contribution is -0.384. The Labute approximate surface area is 240 Å². The van der Waals surface area contributed by atoms with Crippen LogP contribution in [0.5, 0.6) is 5.75 Å². The van der Waals surface area contributed by atoms with Gasteiger partial charge in [0.25, 0.3) is 17.5 Å². The minimum absolute atomic E-state index is 0.0291. The quantitative estimate of drug-likeness (QED) is 0.105. The number of nitrogens with one attached hydrogen (secondary N) is 2. The van der Waals surface area contributed by atoms with Crippen molar-refractivity contribution in [3.8, 4) is 5.75 Å². The van der Waals surface area contributed by atoms with E-state index in [2.05, 4.69) is 20.9 Å². The number of amides is 2. The average Bonchev–Trinajstić information content (AvgIpc) is 2.98. The van der Waals surface area contributed by atoms with Crippen LogP contribution in [0, 0.1) is 24.0 Å². The van der Waals surface area contributed by atoms with E-state index >= 15 is 0 Å². The first-order valence-electron chi connectivity index (χ1n) is 12.9. The van der Waals surface area contributed by atoms with Gasteiger partial charge in [-0.25, -0.2) is 0 Å². The number of nitro benzene ring substituents is 1. The number of carbonyl (C=O) groups excluding carboxylic acids is 2. The summed E-state index contributed by atoms with van der Waals surface area (Å²) in [5.41, 5.74) is 3.43. The molecular formula is C32H25N5O5. The fourth-order valence-electron chi connectivity index (χ4n) is 4.24. The highest BCUT2D eigenvalue weighted by Crippen LogP contribution is 2.40. The zero-order valence-electron chi connectivity index (χ0n) is 22.7. The third-order valence-corrected chi connectivity index (χ3v) is 6.52. The number of hydrogen-bond donors (Lipinski definition) is 3. The van der Waals surface area contributed by atoms with Gasteiger partial charge in [-0.1, -0.05) is 47.5 Å². The van der Waals surface area contributed by atoms with Crippen LogP contribution < -0.4 is 10.6 Å². The zero-order valence-corrected chi connectivity index (χ0v) is 22.7. The Balaban J connectivity index is 1.57. The summed E-state index contributed by atoms with van der Waals surface area (Å²) in [6.45, 7) is 3.87. The number of phenolic OH excluding ortho intramolecular Hbond substituents is 1. The molecule has 0 heterocycles. The Bertz CT molecular complexity index is 1870. The van der Waals surface area contributed by atoms with E-state index < -0.39 is 16.6 Å². The topological polar surface area (TPSA) is 146 Å². The standard InChI is InChI=1S/C32H25N5O5/c1-19-6-11-23(12-7-19)33-31(39)21-10-15-27-22(16-21)17-28(32(40)34-24-13-8-20(2)9-14-24)30(38)29(27)36-35-25-4-3-5-26(18-25)37(41)42/h3-18,38H,1-2H3,(H,33,39)(H,34,40). The van der Waals surface area contributed by atoms with Crippen molar-refractivity contribution in [3.63, 3.8) is 0 Å². The number of fused-ring (bicyclic) bond motifs is 1. The molecule has 5 rings (SSSR count). The van der Waals surface area contributed by atoms with Crippen molar-refractivity contribution in [2.45, 2.75) is 13.8 Å². The SMILES string of the molecule is Cc1ccc(NC(=O)c2ccc3c(N=Nc4cccc([N+](=O)[O-])c4)c(O)c(C(=O)Nc4ccc(C)cc4)cc3c2)cc1. The van der Waals surface area contributed by atoms with Gasteiger partial charge in [0.15, 0.2) is 5.75 Å². The number of phenols is 1. The largest absolute Gasteiger partial charge is 0.505 e. The zero-order chi connectivity index (χ0) is 29.8. The first kappa shape index (κ1) is 27.7. The van der Waals surface area contributed by atoms with E-state index in [1.165, 1.54) is 30.3 Å². The summed E-state index contributed by atoms with van der Waals surface area (Å²) in [7, 11) is 0. The summed E-state index contributed by atoms with van der Waals surface area (Å²) in [6, 6.07) is 26.3. The van der Waals surface area contributed by atoms with Crippen LogP contribution >= 0.6 is 0 Å². The van der Waals surface area contributed by atoms with Crippen molar-refractivity contribution in [2.75, 3.05) is 10.6 Å². The molecule has 0 aromatic heterocycles. The number of nitro groups is 1. The second kappa shape index (κ2) is 11.7. The van der Waals surface area contributed by atoms with Crippen LogP contribution in [0.4, 0.5) is 28.4 Å². The Kier molecular flexibility index (Phi) is 7.70.